The molecule has 2 fully saturated rings. The molecule has 0 spiro atoms. The minimum atomic E-state index is -3.49. The molecule has 8 heteroatoms. The molecule has 190 valence electrons. The number of carbonyl (C=O) groups is 1. The lowest BCUT2D eigenvalue weighted by Gasteiger charge is -2.26. The van der Waals surface area contributed by atoms with Crippen molar-refractivity contribution in [1.82, 2.24) is 14.5 Å². The number of sulfonamides is 1. The normalized spacial score (nSPS) is 18.2. The topological polar surface area (TPSA) is 79.0 Å². The van der Waals surface area contributed by atoms with Gasteiger partial charge in [-0.15, -0.1) is 0 Å². The van der Waals surface area contributed by atoms with Crippen LogP contribution in [0.25, 0.3) is 0 Å². The van der Waals surface area contributed by atoms with Crippen LogP contribution in [0.1, 0.15) is 48.8 Å². The molecule has 35 heavy (non-hydrogen) atoms. The summed E-state index contributed by atoms with van der Waals surface area (Å²) in [5.41, 5.74) is 3.36. The molecule has 2 aromatic carbocycles. The van der Waals surface area contributed by atoms with Gasteiger partial charge in [-0.2, -0.15) is 4.31 Å². The molecule has 2 heterocycles. The Morgan fingerprint density at radius 1 is 0.800 bits per heavy atom. The van der Waals surface area contributed by atoms with Crippen LogP contribution in [-0.2, 0) is 39.1 Å². The average Bonchev–Trinajstić information content (AvgIpc) is 3.16. The van der Waals surface area contributed by atoms with E-state index in [1.807, 2.05) is 0 Å². The first-order valence-electron chi connectivity index (χ1n) is 12.7. The van der Waals surface area contributed by atoms with Crippen LogP contribution in [0, 0.1) is 0 Å². The number of rotatable bonds is 9. The average molecular weight is 500 g/mol. The molecule has 0 aromatic heterocycles. The largest absolute Gasteiger partial charge is 0.379 e. The van der Waals surface area contributed by atoms with Gasteiger partial charge >= 0.3 is 0 Å². The third kappa shape index (κ3) is 7.61. The van der Waals surface area contributed by atoms with E-state index in [0.29, 0.717) is 45.7 Å². The van der Waals surface area contributed by atoms with Gasteiger partial charge in [-0.05, 0) is 61.2 Å². The van der Waals surface area contributed by atoms with Crippen molar-refractivity contribution in [3.63, 3.8) is 0 Å². The summed E-state index contributed by atoms with van der Waals surface area (Å²) in [4.78, 5) is 15.2. The summed E-state index contributed by atoms with van der Waals surface area (Å²) in [5.74, 6) is -0.0105. The number of nitrogens with zero attached hydrogens (tertiary/aromatic N) is 2. The zero-order valence-corrected chi connectivity index (χ0v) is 21.3. The number of hydrogen-bond acceptors (Lipinski definition) is 5. The van der Waals surface area contributed by atoms with Crippen LogP contribution in [0.2, 0.25) is 0 Å². The summed E-state index contributed by atoms with van der Waals surface area (Å²) >= 11 is 0. The Bertz CT molecular complexity index is 1040. The Hall–Kier alpha value is -2.26. The van der Waals surface area contributed by atoms with E-state index in [2.05, 4.69) is 34.5 Å². The first kappa shape index (κ1) is 25.8. The van der Waals surface area contributed by atoms with E-state index in [-0.39, 0.29) is 10.8 Å². The second-order valence-electron chi connectivity index (χ2n) is 9.44. The molecule has 1 N–H and O–H groups in total. The SMILES string of the molecule is O=C(CCc1ccc(S(=O)(=O)N2CCOCC2)cc1)NCc1ccc(CN2CCCCCC2)cc1. The minimum absolute atomic E-state index is 0.0105. The van der Waals surface area contributed by atoms with E-state index in [4.69, 9.17) is 4.74 Å². The Labute approximate surface area is 209 Å². The van der Waals surface area contributed by atoms with Crippen molar-refractivity contribution in [3.8, 4) is 0 Å². The Balaban J connectivity index is 1.20. The fourth-order valence-electron chi connectivity index (χ4n) is 4.63. The Kier molecular flexibility index (Phi) is 9.31. The monoisotopic (exact) mass is 499 g/mol. The van der Waals surface area contributed by atoms with Gasteiger partial charge in [0.15, 0.2) is 0 Å². The summed E-state index contributed by atoms with van der Waals surface area (Å²) in [5, 5.41) is 2.99. The maximum Gasteiger partial charge on any atom is 0.243 e. The van der Waals surface area contributed by atoms with Crippen molar-refractivity contribution in [2.75, 3.05) is 39.4 Å². The zero-order chi connectivity index (χ0) is 24.5. The molecule has 0 atom stereocenters. The van der Waals surface area contributed by atoms with Crippen LogP contribution in [0.5, 0.6) is 0 Å². The maximum absolute atomic E-state index is 12.7. The van der Waals surface area contributed by atoms with Gasteiger partial charge in [0.1, 0.15) is 0 Å². The molecule has 2 aromatic rings. The van der Waals surface area contributed by atoms with E-state index in [1.54, 1.807) is 24.3 Å². The molecule has 2 aliphatic rings. The smallest absolute Gasteiger partial charge is 0.243 e. The highest BCUT2D eigenvalue weighted by Gasteiger charge is 2.26. The Morgan fingerprint density at radius 2 is 1.40 bits per heavy atom. The summed E-state index contributed by atoms with van der Waals surface area (Å²) in [7, 11) is -3.49. The number of amides is 1. The zero-order valence-electron chi connectivity index (χ0n) is 20.5. The first-order chi connectivity index (χ1) is 17.0. The number of carbonyl (C=O) groups excluding carboxylic acids is 1. The number of hydrogen-bond donors (Lipinski definition) is 1. The van der Waals surface area contributed by atoms with E-state index in [9.17, 15) is 13.2 Å². The number of morpholine rings is 1. The quantitative estimate of drug-likeness (QED) is 0.573. The van der Waals surface area contributed by atoms with Gasteiger partial charge in [-0.3, -0.25) is 9.69 Å². The predicted octanol–water partition coefficient (Wildman–Crippen LogP) is 3.33. The maximum atomic E-state index is 12.7. The van der Waals surface area contributed by atoms with Crippen molar-refractivity contribution in [3.05, 3.63) is 65.2 Å². The first-order valence-corrected chi connectivity index (χ1v) is 14.2. The molecule has 2 aliphatic heterocycles. The third-order valence-corrected chi connectivity index (χ3v) is 8.70. The second kappa shape index (κ2) is 12.6. The number of nitrogens with one attached hydrogen (secondary N) is 1. The molecule has 4 rings (SSSR count). The number of likely N-dealkylation sites (tertiary alicyclic amines) is 1. The second-order valence-corrected chi connectivity index (χ2v) is 11.4. The molecule has 2 saturated heterocycles. The highest BCUT2D eigenvalue weighted by Crippen LogP contribution is 2.18. The van der Waals surface area contributed by atoms with Crippen molar-refractivity contribution >= 4 is 15.9 Å². The number of benzene rings is 2. The lowest BCUT2D eigenvalue weighted by Crippen LogP contribution is -2.40. The van der Waals surface area contributed by atoms with Crippen molar-refractivity contribution in [1.29, 1.82) is 0 Å². The van der Waals surface area contributed by atoms with Crippen molar-refractivity contribution in [2.24, 2.45) is 0 Å². The van der Waals surface area contributed by atoms with Crippen molar-refractivity contribution < 1.29 is 17.9 Å². The number of aryl methyl sites for hydroxylation is 1. The molecule has 1 amide bonds. The van der Waals surface area contributed by atoms with Gasteiger partial charge < -0.3 is 10.1 Å². The molecular formula is C27H37N3O4S. The van der Waals surface area contributed by atoms with E-state index in [0.717, 1.165) is 17.7 Å². The predicted molar refractivity (Wildman–Crippen MR) is 136 cm³/mol. The van der Waals surface area contributed by atoms with E-state index in [1.165, 1.54) is 48.6 Å². The van der Waals surface area contributed by atoms with E-state index < -0.39 is 10.0 Å². The standard InChI is InChI=1S/C27H37N3O4S/c31-27(28-21-24-5-7-25(8-6-24)22-29-15-3-1-2-4-16-29)14-11-23-9-12-26(13-10-23)35(32,33)30-17-19-34-20-18-30/h5-10,12-13H,1-4,11,14-22H2,(H,28,31). The van der Waals surface area contributed by atoms with Gasteiger partial charge in [-0.25, -0.2) is 8.42 Å². The molecule has 7 nitrogen and oxygen atoms in total. The highest BCUT2D eigenvalue weighted by atomic mass is 32.2. The van der Waals surface area contributed by atoms with Gasteiger partial charge in [0, 0.05) is 32.6 Å². The minimum Gasteiger partial charge on any atom is -0.379 e. The summed E-state index contributed by atoms with van der Waals surface area (Å²) in [6, 6.07) is 15.4. The molecule has 0 radical (unpaired) electrons. The fraction of sp³-hybridized carbons (Fsp3) is 0.519. The fourth-order valence-corrected chi connectivity index (χ4v) is 6.03. The Morgan fingerprint density at radius 3 is 2.06 bits per heavy atom. The molecule has 0 saturated carbocycles. The number of ether oxygens (including phenoxy) is 1. The molecular weight excluding hydrogens is 462 g/mol. The summed E-state index contributed by atoms with van der Waals surface area (Å²) in [6.07, 6.45) is 6.21. The summed E-state index contributed by atoms with van der Waals surface area (Å²) < 4.78 is 32.1. The van der Waals surface area contributed by atoms with Crippen LogP contribution in [0.4, 0.5) is 0 Å². The van der Waals surface area contributed by atoms with Crippen LogP contribution in [0.3, 0.4) is 0 Å². The van der Waals surface area contributed by atoms with Crippen molar-refractivity contribution in [2.45, 2.75) is 56.5 Å². The van der Waals surface area contributed by atoms with Gasteiger partial charge in [-0.1, -0.05) is 49.2 Å². The van der Waals surface area contributed by atoms with E-state index >= 15 is 0 Å². The molecule has 0 bridgehead atoms. The molecule has 0 aliphatic carbocycles. The van der Waals surface area contributed by atoms with Gasteiger partial charge in [0.2, 0.25) is 15.9 Å². The van der Waals surface area contributed by atoms with Crippen LogP contribution >= 0.6 is 0 Å². The van der Waals surface area contributed by atoms with Crippen LogP contribution in [-0.4, -0.2) is 62.9 Å². The third-order valence-electron chi connectivity index (χ3n) is 6.79. The van der Waals surface area contributed by atoms with Crippen LogP contribution < -0.4 is 5.32 Å². The van der Waals surface area contributed by atoms with Gasteiger partial charge in [0.25, 0.3) is 0 Å². The molecule has 0 unspecified atom stereocenters. The summed E-state index contributed by atoms with van der Waals surface area (Å²) in [6.45, 7) is 5.49. The van der Waals surface area contributed by atoms with Crippen LogP contribution in [0.15, 0.2) is 53.4 Å². The lowest BCUT2D eigenvalue weighted by atomic mass is 10.1. The van der Waals surface area contributed by atoms with Gasteiger partial charge in [0.05, 0.1) is 18.1 Å². The highest BCUT2D eigenvalue weighted by molar-refractivity contribution is 7.89. The lowest BCUT2D eigenvalue weighted by molar-refractivity contribution is -0.121.